The molecule has 0 radical (unpaired) electrons. The fourth-order valence-electron chi connectivity index (χ4n) is 1.43. The zero-order valence-corrected chi connectivity index (χ0v) is 15.7. The predicted octanol–water partition coefficient (Wildman–Crippen LogP) is 4.52. The second kappa shape index (κ2) is 9.96. The van der Waals surface area contributed by atoms with Gasteiger partial charge in [-0.1, -0.05) is 0 Å². The SMILES string of the molecule is C[Si](C)(C)OS(=O)(=O)Cc1ccco1.c1ccoc1.c1ccoc1. The van der Waals surface area contributed by atoms with E-state index in [9.17, 15) is 8.42 Å². The first-order chi connectivity index (χ1) is 11.3. The topological polar surface area (TPSA) is 82.8 Å². The lowest BCUT2D eigenvalue weighted by molar-refractivity contribution is 0.469. The monoisotopic (exact) mass is 370 g/mol. The Hall–Kier alpha value is -2.03. The molecule has 0 saturated heterocycles. The lowest BCUT2D eigenvalue weighted by atomic mass is 10.5. The molecule has 0 aliphatic rings. The fraction of sp³-hybridized carbons (Fsp3) is 0.250. The molecule has 0 spiro atoms. The van der Waals surface area contributed by atoms with Crippen LogP contribution in [-0.2, 0) is 19.7 Å². The molecular weight excluding hydrogens is 348 g/mol. The van der Waals surface area contributed by atoms with E-state index in [1.54, 1.807) is 37.2 Å². The van der Waals surface area contributed by atoms with Crippen molar-refractivity contribution >= 4 is 18.4 Å². The Kier molecular flexibility index (Phi) is 8.31. The van der Waals surface area contributed by atoms with Crippen molar-refractivity contribution in [2.24, 2.45) is 0 Å². The van der Waals surface area contributed by atoms with Gasteiger partial charge in [0.25, 0.3) is 10.1 Å². The molecule has 8 heteroatoms. The van der Waals surface area contributed by atoms with E-state index in [0.29, 0.717) is 5.76 Å². The van der Waals surface area contributed by atoms with Crippen LogP contribution in [0.2, 0.25) is 19.6 Å². The number of hydrogen-bond acceptors (Lipinski definition) is 6. The normalized spacial score (nSPS) is 11.0. The first-order valence-corrected chi connectivity index (χ1v) is 12.2. The summed E-state index contributed by atoms with van der Waals surface area (Å²) < 4.78 is 42.1. The smallest absolute Gasteiger partial charge is 0.265 e. The second-order valence-electron chi connectivity index (χ2n) is 5.56. The molecular formula is C16H22O6SSi. The fourth-order valence-corrected chi connectivity index (χ4v) is 5.23. The van der Waals surface area contributed by atoms with Crippen LogP contribution in [0, 0.1) is 0 Å². The molecule has 0 saturated carbocycles. The quantitative estimate of drug-likeness (QED) is 0.628. The summed E-state index contributed by atoms with van der Waals surface area (Å²) in [6, 6.07) is 10.6. The second-order valence-corrected chi connectivity index (χ2v) is 11.9. The molecule has 6 nitrogen and oxygen atoms in total. The summed E-state index contributed by atoms with van der Waals surface area (Å²) >= 11 is 0. The van der Waals surface area contributed by atoms with Crippen LogP contribution in [0.4, 0.5) is 0 Å². The van der Waals surface area contributed by atoms with E-state index in [4.69, 9.17) is 8.29 Å². The van der Waals surface area contributed by atoms with Gasteiger partial charge in [-0.05, 0) is 56.0 Å². The van der Waals surface area contributed by atoms with E-state index in [2.05, 4.69) is 8.83 Å². The Bertz CT molecular complexity index is 650. The van der Waals surface area contributed by atoms with Gasteiger partial charge in [-0.2, -0.15) is 8.42 Å². The van der Waals surface area contributed by atoms with Crippen LogP contribution >= 0.6 is 0 Å². The average molecular weight is 370 g/mol. The molecule has 3 rings (SSSR count). The predicted molar refractivity (Wildman–Crippen MR) is 93.2 cm³/mol. The van der Waals surface area contributed by atoms with Crippen molar-refractivity contribution in [3.8, 4) is 0 Å². The van der Waals surface area contributed by atoms with Crippen molar-refractivity contribution in [2.75, 3.05) is 0 Å². The molecule has 0 N–H and O–H groups in total. The maximum atomic E-state index is 11.5. The molecule has 0 amide bonds. The van der Waals surface area contributed by atoms with Gasteiger partial charge in [-0.15, -0.1) is 0 Å². The van der Waals surface area contributed by atoms with Crippen molar-refractivity contribution in [1.29, 1.82) is 0 Å². The Balaban J connectivity index is 0.000000231. The van der Waals surface area contributed by atoms with Gasteiger partial charge in [0.05, 0.1) is 31.3 Å². The summed E-state index contributed by atoms with van der Waals surface area (Å²) in [7, 11) is -5.55. The molecule has 0 aromatic carbocycles. The maximum absolute atomic E-state index is 11.5. The molecule has 0 fully saturated rings. The minimum absolute atomic E-state index is 0.190. The van der Waals surface area contributed by atoms with E-state index in [1.165, 1.54) is 6.26 Å². The third-order valence-corrected chi connectivity index (χ3v) is 5.78. The first-order valence-electron chi connectivity index (χ1n) is 7.18. The molecule has 24 heavy (non-hydrogen) atoms. The van der Waals surface area contributed by atoms with Gasteiger partial charge in [-0.3, -0.25) is 0 Å². The Morgan fingerprint density at radius 1 is 0.875 bits per heavy atom. The van der Waals surface area contributed by atoms with Crippen LogP contribution in [0.1, 0.15) is 5.76 Å². The molecule has 0 aliphatic heterocycles. The van der Waals surface area contributed by atoms with E-state index < -0.39 is 18.4 Å². The number of rotatable bonds is 4. The van der Waals surface area contributed by atoms with Gasteiger partial charge in [0.1, 0.15) is 11.5 Å². The molecule has 0 aliphatic carbocycles. The van der Waals surface area contributed by atoms with Crippen LogP contribution < -0.4 is 0 Å². The highest BCUT2D eigenvalue weighted by Gasteiger charge is 2.25. The number of furan rings is 3. The van der Waals surface area contributed by atoms with Gasteiger partial charge in [-0.25, -0.2) is 0 Å². The highest BCUT2D eigenvalue weighted by atomic mass is 32.2. The Labute approximate surface area is 143 Å². The minimum atomic E-state index is -3.49. The summed E-state index contributed by atoms with van der Waals surface area (Å²) in [5.74, 6) is 0.216. The van der Waals surface area contributed by atoms with Crippen molar-refractivity contribution in [3.05, 3.63) is 73.5 Å². The van der Waals surface area contributed by atoms with E-state index in [1.807, 2.05) is 43.9 Å². The summed E-state index contributed by atoms with van der Waals surface area (Å²) in [5, 5.41) is 0. The first kappa shape index (κ1) is 20.0. The van der Waals surface area contributed by atoms with Gasteiger partial charge in [0.2, 0.25) is 8.32 Å². The molecule has 3 aromatic rings. The molecule has 3 heterocycles. The van der Waals surface area contributed by atoms with Crippen LogP contribution in [0.25, 0.3) is 0 Å². The Morgan fingerprint density at radius 3 is 1.67 bits per heavy atom. The largest absolute Gasteiger partial charge is 0.473 e. The highest BCUT2D eigenvalue weighted by Crippen LogP contribution is 2.13. The zero-order chi connectivity index (χ0) is 17.9. The van der Waals surface area contributed by atoms with Crippen LogP contribution in [0.3, 0.4) is 0 Å². The lowest BCUT2D eigenvalue weighted by Crippen LogP contribution is -2.29. The van der Waals surface area contributed by atoms with Crippen LogP contribution in [0.15, 0.2) is 81.0 Å². The highest BCUT2D eigenvalue weighted by molar-refractivity contribution is 7.87. The van der Waals surface area contributed by atoms with Gasteiger partial charge >= 0.3 is 0 Å². The van der Waals surface area contributed by atoms with Gasteiger partial charge in [0, 0.05) is 0 Å². The van der Waals surface area contributed by atoms with Crippen molar-refractivity contribution in [2.45, 2.75) is 25.4 Å². The van der Waals surface area contributed by atoms with Gasteiger partial charge < -0.3 is 17.1 Å². The van der Waals surface area contributed by atoms with Crippen LogP contribution in [0.5, 0.6) is 0 Å². The third kappa shape index (κ3) is 10.7. The van der Waals surface area contributed by atoms with Gasteiger partial charge in [0.15, 0.2) is 0 Å². The van der Waals surface area contributed by atoms with Crippen molar-refractivity contribution in [1.82, 2.24) is 0 Å². The zero-order valence-electron chi connectivity index (χ0n) is 13.9. The Morgan fingerprint density at radius 2 is 1.38 bits per heavy atom. The third-order valence-electron chi connectivity index (χ3n) is 2.13. The molecule has 0 bridgehead atoms. The van der Waals surface area contributed by atoms with E-state index in [0.717, 1.165) is 0 Å². The number of hydrogen-bond donors (Lipinski definition) is 0. The van der Waals surface area contributed by atoms with E-state index in [-0.39, 0.29) is 5.75 Å². The summed E-state index contributed by atoms with van der Waals surface area (Å²) in [5.41, 5.74) is 0. The van der Waals surface area contributed by atoms with Crippen molar-refractivity contribution < 1.29 is 25.5 Å². The summed E-state index contributed by atoms with van der Waals surface area (Å²) in [6.07, 6.45) is 7.94. The molecule has 0 atom stereocenters. The van der Waals surface area contributed by atoms with Crippen molar-refractivity contribution in [3.63, 3.8) is 0 Å². The van der Waals surface area contributed by atoms with E-state index >= 15 is 0 Å². The maximum Gasteiger partial charge on any atom is 0.265 e. The standard InChI is InChI=1S/C8H14O4SSi.2C4H4O/c1-14(2,3)12-13(9,10)7-8-5-4-6-11-8;2*1-2-4-5-3-1/h4-6H,7H2,1-3H3;2*1-4H. The summed E-state index contributed by atoms with van der Waals surface area (Å²) in [4.78, 5) is 0. The average Bonchev–Trinajstić information content (AvgIpc) is 3.23. The molecule has 3 aromatic heterocycles. The molecule has 0 unspecified atom stereocenters. The lowest BCUT2D eigenvalue weighted by Gasteiger charge is -2.15. The minimum Gasteiger partial charge on any atom is -0.473 e. The molecule has 132 valence electrons. The summed E-state index contributed by atoms with van der Waals surface area (Å²) in [6.45, 7) is 5.48. The van der Waals surface area contributed by atoms with Crippen LogP contribution in [-0.4, -0.2) is 16.7 Å².